The van der Waals surface area contributed by atoms with Crippen LogP contribution in [0.4, 0.5) is 0 Å². The molecule has 0 fully saturated rings. The first-order valence-corrected chi connectivity index (χ1v) is 6.41. The molecule has 0 saturated carbocycles. The third-order valence-corrected chi connectivity index (χ3v) is 3.01. The Morgan fingerprint density at radius 3 is 2.24 bits per heavy atom. The van der Waals surface area contributed by atoms with E-state index in [1.54, 1.807) is 7.11 Å². The summed E-state index contributed by atoms with van der Waals surface area (Å²) in [7, 11) is 1.65. The monoisotopic (exact) mass is 292 g/mol. The molecule has 2 nitrogen and oxygen atoms in total. The summed E-state index contributed by atoms with van der Waals surface area (Å²) in [6, 6.07) is 15.5. The van der Waals surface area contributed by atoms with Crippen molar-refractivity contribution < 1.29 is 9.47 Å². The van der Waals surface area contributed by atoms with Crippen molar-refractivity contribution in [2.75, 3.05) is 7.11 Å². The molecule has 0 aliphatic rings. The maximum Gasteiger partial charge on any atom is 0.131 e. The molecule has 0 radical (unpaired) electrons. The summed E-state index contributed by atoms with van der Waals surface area (Å²) in [6.07, 6.45) is 0. The first-order chi connectivity index (χ1) is 8.33. The van der Waals surface area contributed by atoms with E-state index in [1.807, 2.05) is 48.5 Å². The third kappa shape index (κ3) is 3.01. The van der Waals surface area contributed by atoms with Gasteiger partial charge in [-0.2, -0.15) is 0 Å². The number of halogens is 1. The van der Waals surface area contributed by atoms with Crippen molar-refractivity contribution in [3.05, 3.63) is 54.1 Å². The van der Waals surface area contributed by atoms with Gasteiger partial charge in [-0.3, -0.25) is 0 Å². The van der Waals surface area contributed by atoms with E-state index in [2.05, 4.69) is 15.9 Å². The molecule has 0 saturated heterocycles. The standard InChI is InChI=1S/C14H13BrO2/c1-16-12-6-8-13(9-7-12)17-14-5-3-2-4-11(14)10-15/h2-9H,10H2,1H3. The highest BCUT2D eigenvalue weighted by Crippen LogP contribution is 2.27. The van der Waals surface area contributed by atoms with Crippen molar-refractivity contribution in [2.45, 2.75) is 5.33 Å². The molecule has 0 unspecified atom stereocenters. The van der Waals surface area contributed by atoms with E-state index in [9.17, 15) is 0 Å². The molecule has 2 rings (SSSR count). The van der Waals surface area contributed by atoms with Crippen LogP contribution in [0.5, 0.6) is 17.2 Å². The molecule has 88 valence electrons. The van der Waals surface area contributed by atoms with Gasteiger partial charge in [-0.25, -0.2) is 0 Å². The van der Waals surface area contributed by atoms with Crippen molar-refractivity contribution >= 4 is 15.9 Å². The average molecular weight is 293 g/mol. The Hall–Kier alpha value is -1.48. The summed E-state index contributed by atoms with van der Waals surface area (Å²) in [4.78, 5) is 0. The molecule has 3 heteroatoms. The van der Waals surface area contributed by atoms with E-state index >= 15 is 0 Å². The lowest BCUT2D eigenvalue weighted by atomic mass is 10.2. The van der Waals surface area contributed by atoms with Gasteiger partial charge in [0, 0.05) is 10.9 Å². The maximum absolute atomic E-state index is 5.81. The first kappa shape index (κ1) is 12.0. The lowest BCUT2D eigenvalue weighted by Crippen LogP contribution is -1.89. The maximum atomic E-state index is 5.81. The van der Waals surface area contributed by atoms with E-state index in [1.165, 1.54) is 0 Å². The summed E-state index contributed by atoms with van der Waals surface area (Å²) in [6.45, 7) is 0. The van der Waals surface area contributed by atoms with Crippen LogP contribution in [0.25, 0.3) is 0 Å². The summed E-state index contributed by atoms with van der Waals surface area (Å²) >= 11 is 3.44. The zero-order chi connectivity index (χ0) is 12.1. The second-order valence-corrected chi connectivity index (χ2v) is 4.08. The Morgan fingerprint density at radius 1 is 0.941 bits per heavy atom. The predicted molar refractivity (Wildman–Crippen MR) is 72.1 cm³/mol. The van der Waals surface area contributed by atoms with Crippen LogP contribution in [0.2, 0.25) is 0 Å². The van der Waals surface area contributed by atoms with Crippen LogP contribution in [-0.2, 0) is 5.33 Å². The van der Waals surface area contributed by atoms with Crippen molar-refractivity contribution in [2.24, 2.45) is 0 Å². The zero-order valence-corrected chi connectivity index (χ0v) is 11.1. The molecule has 0 spiro atoms. The fraction of sp³-hybridized carbons (Fsp3) is 0.143. The Labute approximate surface area is 109 Å². The van der Waals surface area contributed by atoms with E-state index in [0.29, 0.717) is 0 Å². The van der Waals surface area contributed by atoms with Gasteiger partial charge in [-0.1, -0.05) is 34.1 Å². The minimum Gasteiger partial charge on any atom is -0.497 e. The molecule has 0 amide bonds. The second kappa shape index (κ2) is 5.73. The van der Waals surface area contributed by atoms with Crippen molar-refractivity contribution in [3.63, 3.8) is 0 Å². The molecule has 0 atom stereocenters. The molecule has 0 bridgehead atoms. The number of benzene rings is 2. The highest BCUT2D eigenvalue weighted by molar-refractivity contribution is 9.08. The minimum atomic E-state index is 0.777. The van der Waals surface area contributed by atoms with Gasteiger partial charge in [-0.15, -0.1) is 0 Å². The Bertz CT molecular complexity index is 480. The van der Waals surface area contributed by atoms with Crippen LogP contribution >= 0.6 is 15.9 Å². The number of hydrogen-bond acceptors (Lipinski definition) is 2. The number of hydrogen-bond donors (Lipinski definition) is 0. The van der Waals surface area contributed by atoms with E-state index < -0.39 is 0 Å². The Balaban J connectivity index is 2.19. The minimum absolute atomic E-state index is 0.777. The highest BCUT2D eigenvalue weighted by atomic mass is 79.9. The van der Waals surface area contributed by atoms with Gasteiger partial charge in [0.1, 0.15) is 17.2 Å². The molecule has 17 heavy (non-hydrogen) atoms. The number of ether oxygens (including phenoxy) is 2. The molecule has 2 aromatic rings. The smallest absolute Gasteiger partial charge is 0.131 e. The topological polar surface area (TPSA) is 18.5 Å². The average Bonchev–Trinajstić information content (AvgIpc) is 2.40. The van der Waals surface area contributed by atoms with Crippen LogP contribution in [0.15, 0.2) is 48.5 Å². The van der Waals surface area contributed by atoms with Crippen LogP contribution in [0.3, 0.4) is 0 Å². The zero-order valence-electron chi connectivity index (χ0n) is 9.52. The van der Waals surface area contributed by atoms with Gasteiger partial charge in [0.05, 0.1) is 7.11 Å². The molecule has 0 aliphatic carbocycles. The molecule has 0 N–H and O–H groups in total. The van der Waals surface area contributed by atoms with Gasteiger partial charge < -0.3 is 9.47 Å². The SMILES string of the molecule is COc1ccc(Oc2ccccc2CBr)cc1. The first-order valence-electron chi connectivity index (χ1n) is 5.29. The highest BCUT2D eigenvalue weighted by Gasteiger charge is 2.02. The Kier molecular flexibility index (Phi) is 4.04. The summed E-state index contributed by atoms with van der Waals surface area (Å²) < 4.78 is 10.9. The van der Waals surface area contributed by atoms with Gasteiger partial charge in [0.2, 0.25) is 0 Å². The number of alkyl halides is 1. The largest absolute Gasteiger partial charge is 0.497 e. The van der Waals surface area contributed by atoms with Crippen LogP contribution < -0.4 is 9.47 Å². The molecular weight excluding hydrogens is 280 g/mol. The summed E-state index contributed by atoms with van der Waals surface area (Å²) in [5, 5.41) is 0.777. The lowest BCUT2D eigenvalue weighted by Gasteiger charge is -2.09. The van der Waals surface area contributed by atoms with Crippen LogP contribution in [0.1, 0.15) is 5.56 Å². The summed E-state index contributed by atoms with van der Waals surface area (Å²) in [5.74, 6) is 2.50. The fourth-order valence-electron chi connectivity index (χ4n) is 1.48. The Morgan fingerprint density at radius 2 is 1.59 bits per heavy atom. The van der Waals surface area contributed by atoms with Crippen molar-refractivity contribution in [3.8, 4) is 17.2 Å². The predicted octanol–water partition coefficient (Wildman–Crippen LogP) is 4.38. The molecule has 0 heterocycles. The van der Waals surface area contributed by atoms with Gasteiger partial charge in [-0.05, 0) is 30.3 Å². The van der Waals surface area contributed by atoms with Gasteiger partial charge >= 0.3 is 0 Å². The second-order valence-electron chi connectivity index (χ2n) is 3.52. The normalized spacial score (nSPS) is 10.0. The molecule has 2 aromatic carbocycles. The molecular formula is C14H13BrO2. The van der Waals surface area contributed by atoms with Crippen molar-refractivity contribution in [1.29, 1.82) is 0 Å². The van der Waals surface area contributed by atoms with E-state index in [-0.39, 0.29) is 0 Å². The number of methoxy groups -OCH3 is 1. The van der Waals surface area contributed by atoms with Crippen LogP contribution in [-0.4, -0.2) is 7.11 Å². The number of para-hydroxylation sites is 1. The van der Waals surface area contributed by atoms with Crippen molar-refractivity contribution in [1.82, 2.24) is 0 Å². The third-order valence-electron chi connectivity index (χ3n) is 2.40. The number of rotatable bonds is 4. The molecule has 0 aliphatic heterocycles. The van der Waals surface area contributed by atoms with Gasteiger partial charge in [0.25, 0.3) is 0 Å². The summed E-state index contributed by atoms with van der Waals surface area (Å²) in [5.41, 5.74) is 1.13. The lowest BCUT2D eigenvalue weighted by molar-refractivity contribution is 0.412. The van der Waals surface area contributed by atoms with Crippen LogP contribution in [0, 0.1) is 0 Å². The quantitative estimate of drug-likeness (QED) is 0.779. The van der Waals surface area contributed by atoms with E-state index in [0.717, 1.165) is 28.1 Å². The fourth-order valence-corrected chi connectivity index (χ4v) is 1.95. The van der Waals surface area contributed by atoms with E-state index in [4.69, 9.17) is 9.47 Å². The van der Waals surface area contributed by atoms with Gasteiger partial charge in [0.15, 0.2) is 0 Å². The molecule has 0 aromatic heterocycles.